The molecule has 2 aromatic rings. The number of nitrogens with one attached hydrogen (secondary N) is 2. The highest BCUT2D eigenvalue weighted by Crippen LogP contribution is 2.33. The molecule has 0 saturated heterocycles. The van der Waals surface area contributed by atoms with Crippen LogP contribution in [0.2, 0.25) is 5.02 Å². The third kappa shape index (κ3) is 4.54. The minimum Gasteiger partial charge on any atom is -0.495 e. The van der Waals surface area contributed by atoms with Crippen molar-refractivity contribution < 1.29 is 4.74 Å². The van der Waals surface area contributed by atoms with Crippen LogP contribution in [0.4, 0.5) is 17.3 Å². The van der Waals surface area contributed by atoms with Gasteiger partial charge in [-0.25, -0.2) is 9.97 Å². The molecule has 0 bridgehead atoms. The summed E-state index contributed by atoms with van der Waals surface area (Å²) in [6.45, 7) is 3.87. The van der Waals surface area contributed by atoms with Crippen molar-refractivity contribution in [2.75, 3.05) is 17.7 Å². The van der Waals surface area contributed by atoms with Gasteiger partial charge >= 0.3 is 0 Å². The Morgan fingerprint density at radius 3 is 2.48 bits per heavy atom. The van der Waals surface area contributed by atoms with E-state index in [1.807, 2.05) is 32.0 Å². The summed E-state index contributed by atoms with van der Waals surface area (Å²) in [5, 5.41) is 7.57. The second-order valence-corrected chi connectivity index (χ2v) is 7.00. The van der Waals surface area contributed by atoms with Crippen LogP contribution in [0.15, 0.2) is 18.2 Å². The van der Waals surface area contributed by atoms with Gasteiger partial charge in [0.2, 0.25) is 0 Å². The van der Waals surface area contributed by atoms with Crippen molar-refractivity contribution in [3.05, 3.63) is 34.6 Å². The van der Waals surface area contributed by atoms with Crippen molar-refractivity contribution in [2.24, 2.45) is 0 Å². The monoisotopic (exact) mass is 360 g/mol. The zero-order valence-corrected chi connectivity index (χ0v) is 15.8. The number of halogens is 1. The summed E-state index contributed by atoms with van der Waals surface area (Å²) >= 11 is 6.18. The number of rotatable bonds is 5. The molecule has 1 aliphatic rings. The van der Waals surface area contributed by atoms with Crippen LogP contribution >= 0.6 is 11.6 Å². The second kappa shape index (κ2) is 7.91. The van der Waals surface area contributed by atoms with Crippen LogP contribution < -0.4 is 15.4 Å². The molecule has 6 heteroatoms. The second-order valence-electron chi connectivity index (χ2n) is 6.59. The molecule has 1 aliphatic carbocycles. The van der Waals surface area contributed by atoms with E-state index in [1.165, 1.54) is 32.1 Å². The average Bonchev–Trinajstić information content (AvgIpc) is 2.58. The summed E-state index contributed by atoms with van der Waals surface area (Å²) in [7, 11) is 1.63. The number of ether oxygens (including phenoxy) is 1. The van der Waals surface area contributed by atoms with E-state index in [9.17, 15) is 0 Å². The van der Waals surface area contributed by atoms with Crippen molar-refractivity contribution in [3.63, 3.8) is 0 Å². The van der Waals surface area contributed by atoms with Crippen LogP contribution in [0.1, 0.15) is 43.5 Å². The number of methoxy groups -OCH3 is 1. The molecule has 25 heavy (non-hydrogen) atoms. The molecule has 0 unspecified atom stereocenters. The maximum absolute atomic E-state index is 6.18. The normalized spacial score (nSPS) is 15.0. The highest BCUT2D eigenvalue weighted by molar-refractivity contribution is 6.31. The van der Waals surface area contributed by atoms with Crippen LogP contribution in [0, 0.1) is 13.8 Å². The molecular formula is C19H25ClN4O. The van der Waals surface area contributed by atoms with Gasteiger partial charge in [0.05, 0.1) is 12.8 Å². The van der Waals surface area contributed by atoms with E-state index in [1.54, 1.807) is 7.11 Å². The minimum absolute atomic E-state index is 0.503. The highest BCUT2D eigenvalue weighted by Gasteiger charge is 2.15. The van der Waals surface area contributed by atoms with Crippen LogP contribution in [-0.2, 0) is 0 Å². The van der Waals surface area contributed by atoms with Crippen LogP contribution in [0.3, 0.4) is 0 Å². The maximum Gasteiger partial charge on any atom is 0.143 e. The van der Waals surface area contributed by atoms with E-state index < -0.39 is 0 Å². The first-order valence-electron chi connectivity index (χ1n) is 8.78. The Hall–Kier alpha value is -2.01. The molecule has 0 radical (unpaired) electrons. The Bertz CT molecular complexity index is 744. The van der Waals surface area contributed by atoms with Gasteiger partial charge in [-0.3, -0.25) is 0 Å². The molecule has 1 heterocycles. The Balaban J connectivity index is 1.82. The van der Waals surface area contributed by atoms with Crippen LogP contribution in [0.25, 0.3) is 0 Å². The van der Waals surface area contributed by atoms with E-state index in [0.717, 1.165) is 28.7 Å². The van der Waals surface area contributed by atoms with Crippen LogP contribution in [0.5, 0.6) is 5.75 Å². The molecule has 134 valence electrons. The van der Waals surface area contributed by atoms with Crippen molar-refractivity contribution in [1.29, 1.82) is 0 Å². The number of benzene rings is 1. The van der Waals surface area contributed by atoms with Crippen LogP contribution in [-0.4, -0.2) is 23.1 Å². The summed E-state index contributed by atoms with van der Waals surface area (Å²) in [6, 6.07) is 6.23. The van der Waals surface area contributed by atoms with E-state index in [4.69, 9.17) is 16.3 Å². The highest BCUT2D eigenvalue weighted by atomic mass is 35.5. The fourth-order valence-electron chi connectivity index (χ4n) is 3.23. The van der Waals surface area contributed by atoms with Crippen molar-refractivity contribution in [3.8, 4) is 5.75 Å². The molecule has 1 saturated carbocycles. The number of aryl methyl sites for hydroxylation is 2. The lowest BCUT2D eigenvalue weighted by molar-refractivity contribution is 0.416. The summed E-state index contributed by atoms with van der Waals surface area (Å²) < 4.78 is 5.43. The van der Waals surface area contributed by atoms with E-state index in [2.05, 4.69) is 20.6 Å². The molecular weight excluding hydrogens is 336 g/mol. The molecule has 1 fully saturated rings. The van der Waals surface area contributed by atoms with Gasteiger partial charge in [-0.2, -0.15) is 0 Å². The zero-order valence-electron chi connectivity index (χ0n) is 15.0. The first kappa shape index (κ1) is 17.8. The van der Waals surface area contributed by atoms with Gasteiger partial charge < -0.3 is 15.4 Å². The molecule has 1 aromatic carbocycles. The Morgan fingerprint density at radius 2 is 1.76 bits per heavy atom. The number of anilines is 3. The number of hydrogen-bond donors (Lipinski definition) is 2. The lowest BCUT2D eigenvalue weighted by Crippen LogP contribution is -2.23. The quantitative estimate of drug-likeness (QED) is 0.763. The van der Waals surface area contributed by atoms with Gasteiger partial charge in [-0.1, -0.05) is 30.9 Å². The summed E-state index contributed by atoms with van der Waals surface area (Å²) in [4.78, 5) is 9.03. The first-order valence-corrected chi connectivity index (χ1v) is 9.16. The summed E-state index contributed by atoms with van der Waals surface area (Å²) in [5.41, 5.74) is 1.82. The minimum atomic E-state index is 0.503. The Labute approximate surface area is 154 Å². The third-order valence-corrected chi connectivity index (χ3v) is 4.95. The molecule has 0 spiro atoms. The zero-order chi connectivity index (χ0) is 17.8. The predicted molar refractivity (Wildman–Crippen MR) is 103 cm³/mol. The first-order chi connectivity index (χ1) is 12.0. The predicted octanol–water partition coefficient (Wildman–Crippen LogP) is 5.24. The fourth-order valence-corrected chi connectivity index (χ4v) is 3.38. The SMILES string of the molecule is COc1cc(Cl)c(C)cc1Nc1cc(NC2CCCCC2)nc(C)n1. The topological polar surface area (TPSA) is 59.1 Å². The molecule has 1 aromatic heterocycles. The van der Waals surface area contributed by atoms with E-state index in [-0.39, 0.29) is 0 Å². The lowest BCUT2D eigenvalue weighted by atomic mass is 9.95. The summed E-state index contributed by atoms with van der Waals surface area (Å²) in [6.07, 6.45) is 6.32. The molecule has 0 atom stereocenters. The van der Waals surface area contributed by atoms with E-state index >= 15 is 0 Å². The average molecular weight is 361 g/mol. The Kier molecular flexibility index (Phi) is 5.63. The fraction of sp³-hybridized carbons (Fsp3) is 0.474. The summed E-state index contributed by atoms with van der Waals surface area (Å²) in [5.74, 6) is 3.03. The standard InChI is InChI=1S/C19H25ClN4O/c1-12-9-16(17(25-3)10-15(12)20)24-19-11-18(21-13(2)22-19)23-14-7-5-4-6-8-14/h9-11,14H,4-8H2,1-3H3,(H2,21,22,23,24). The molecule has 3 rings (SSSR count). The maximum atomic E-state index is 6.18. The number of hydrogen-bond acceptors (Lipinski definition) is 5. The lowest BCUT2D eigenvalue weighted by Gasteiger charge is -2.23. The smallest absolute Gasteiger partial charge is 0.143 e. The van der Waals surface area contributed by atoms with E-state index in [0.29, 0.717) is 16.8 Å². The van der Waals surface area contributed by atoms with Crippen molar-refractivity contribution in [2.45, 2.75) is 52.0 Å². The van der Waals surface area contributed by atoms with Gasteiger partial charge in [0.1, 0.15) is 23.2 Å². The number of nitrogens with zero attached hydrogens (tertiary/aromatic N) is 2. The molecule has 5 nitrogen and oxygen atoms in total. The Morgan fingerprint density at radius 1 is 1.04 bits per heavy atom. The van der Waals surface area contributed by atoms with Crippen molar-refractivity contribution in [1.82, 2.24) is 9.97 Å². The van der Waals surface area contributed by atoms with Gasteiger partial charge in [0.15, 0.2) is 0 Å². The van der Waals surface area contributed by atoms with Gasteiger partial charge in [-0.05, 0) is 38.3 Å². The largest absolute Gasteiger partial charge is 0.495 e. The molecule has 0 aliphatic heterocycles. The van der Waals surface area contributed by atoms with Crippen molar-refractivity contribution >= 4 is 28.9 Å². The molecule has 2 N–H and O–H groups in total. The number of aromatic nitrogens is 2. The van der Waals surface area contributed by atoms with Gasteiger partial charge in [0, 0.05) is 23.2 Å². The van der Waals surface area contributed by atoms with Gasteiger partial charge in [0.25, 0.3) is 0 Å². The molecule has 0 amide bonds. The third-order valence-electron chi connectivity index (χ3n) is 4.54. The van der Waals surface area contributed by atoms with Gasteiger partial charge in [-0.15, -0.1) is 0 Å².